The zero-order valence-corrected chi connectivity index (χ0v) is 19.7. The summed E-state index contributed by atoms with van der Waals surface area (Å²) in [6.07, 6.45) is 0. The van der Waals surface area contributed by atoms with Gasteiger partial charge in [-0.3, -0.25) is 4.79 Å². The third kappa shape index (κ3) is 5.31. The first-order valence-corrected chi connectivity index (χ1v) is 11.3. The molecule has 1 atom stereocenters. The van der Waals surface area contributed by atoms with E-state index in [0.29, 0.717) is 27.9 Å². The molecule has 2 heterocycles. The third-order valence-corrected chi connectivity index (χ3v) is 6.17. The molecule has 8 heteroatoms. The van der Waals surface area contributed by atoms with Crippen LogP contribution in [0.5, 0.6) is 0 Å². The zero-order chi connectivity index (χ0) is 24.1. The summed E-state index contributed by atoms with van der Waals surface area (Å²) in [7, 11) is 0. The van der Waals surface area contributed by atoms with Crippen LogP contribution in [0.4, 0.5) is 11.6 Å². The number of rotatable bonds is 6. The number of amides is 1. The van der Waals surface area contributed by atoms with Crippen molar-refractivity contribution < 1.29 is 4.79 Å². The highest BCUT2D eigenvalue weighted by atomic mass is 32.2. The van der Waals surface area contributed by atoms with Gasteiger partial charge in [-0.15, -0.1) is 0 Å². The Morgan fingerprint density at radius 2 is 1.70 bits per heavy atom. The van der Waals surface area contributed by atoms with E-state index in [4.69, 9.17) is 5.73 Å². The molecule has 0 saturated carbocycles. The van der Waals surface area contributed by atoms with Crippen molar-refractivity contribution in [1.29, 1.82) is 10.5 Å². The average Bonchev–Trinajstić information content (AvgIpc) is 2.78. The normalized spacial score (nSPS) is 11.5. The van der Waals surface area contributed by atoms with E-state index < -0.39 is 5.25 Å². The number of thioether (sulfide) groups is 1. The highest BCUT2D eigenvalue weighted by Gasteiger charge is 2.24. The minimum atomic E-state index is -0.588. The highest BCUT2D eigenvalue weighted by molar-refractivity contribution is 8.00. The Balaban J connectivity index is 1.98. The van der Waals surface area contributed by atoms with Crippen molar-refractivity contribution in [2.45, 2.75) is 43.9 Å². The zero-order valence-electron chi connectivity index (χ0n) is 18.9. The summed E-state index contributed by atoms with van der Waals surface area (Å²) in [5, 5.41) is 22.2. The first kappa shape index (κ1) is 23.8. The molecule has 166 valence electrons. The number of hydrogen-bond acceptors (Lipinski definition) is 7. The molecule has 0 spiro atoms. The van der Waals surface area contributed by atoms with Gasteiger partial charge in [-0.25, -0.2) is 9.97 Å². The minimum absolute atomic E-state index is 0.0231. The molecule has 0 aliphatic rings. The monoisotopic (exact) mass is 456 g/mol. The van der Waals surface area contributed by atoms with Crippen molar-refractivity contribution in [3.05, 3.63) is 64.8 Å². The van der Waals surface area contributed by atoms with E-state index in [9.17, 15) is 15.3 Å². The Kier molecular flexibility index (Phi) is 7.32. The summed E-state index contributed by atoms with van der Waals surface area (Å²) in [5.74, 6) is 0.538. The van der Waals surface area contributed by atoms with Crippen molar-refractivity contribution in [2.75, 3.05) is 11.1 Å². The van der Waals surface area contributed by atoms with E-state index in [1.165, 1.54) is 0 Å². The number of nitrogen functional groups attached to an aromatic ring is 1. The maximum Gasteiger partial charge on any atom is 0.238 e. The lowest BCUT2D eigenvalue weighted by Crippen LogP contribution is -2.23. The molecule has 0 radical (unpaired) electrons. The number of pyridine rings is 2. The van der Waals surface area contributed by atoms with Crippen LogP contribution in [0.2, 0.25) is 0 Å². The average molecular weight is 457 g/mol. The fraction of sp³-hybridized carbons (Fsp3) is 0.240. The van der Waals surface area contributed by atoms with Crippen molar-refractivity contribution in [2.24, 2.45) is 0 Å². The SMILES string of the molecule is Cc1cccc(NC(=O)C(C)Sc2nc(N)c(C#N)c(-c3ccc(C(C)C)cc3)c2C#N)n1. The number of carbonyl (C=O) groups excluding carboxylic acids is 1. The minimum Gasteiger partial charge on any atom is -0.383 e. The number of carbonyl (C=O) groups is 1. The number of nitrogens with one attached hydrogen (secondary N) is 1. The van der Waals surface area contributed by atoms with E-state index in [2.05, 4.69) is 41.3 Å². The van der Waals surface area contributed by atoms with Gasteiger partial charge in [-0.2, -0.15) is 10.5 Å². The van der Waals surface area contributed by atoms with Crippen LogP contribution in [-0.4, -0.2) is 21.1 Å². The molecule has 2 aromatic heterocycles. The summed E-state index contributed by atoms with van der Waals surface area (Å²) >= 11 is 1.11. The molecule has 7 nitrogen and oxygen atoms in total. The molecular weight excluding hydrogens is 432 g/mol. The van der Waals surface area contributed by atoms with Gasteiger partial charge >= 0.3 is 0 Å². The van der Waals surface area contributed by atoms with E-state index in [-0.39, 0.29) is 22.9 Å². The van der Waals surface area contributed by atoms with E-state index in [1.807, 2.05) is 43.3 Å². The fourth-order valence-corrected chi connectivity index (χ4v) is 4.19. The summed E-state index contributed by atoms with van der Waals surface area (Å²) in [4.78, 5) is 21.3. The largest absolute Gasteiger partial charge is 0.383 e. The van der Waals surface area contributed by atoms with Crippen LogP contribution < -0.4 is 11.1 Å². The lowest BCUT2D eigenvalue weighted by atomic mass is 9.94. The molecule has 33 heavy (non-hydrogen) atoms. The lowest BCUT2D eigenvalue weighted by molar-refractivity contribution is -0.115. The Morgan fingerprint density at radius 1 is 1.03 bits per heavy atom. The Morgan fingerprint density at radius 3 is 2.27 bits per heavy atom. The second kappa shape index (κ2) is 10.2. The molecular formula is C25H24N6OS. The number of benzene rings is 1. The van der Waals surface area contributed by atoms with Crippen LogP contribution in [0.3, 0.4) is 0 Å². The topological polar surface area (TPSA) is 128 Å². The molecule has 1 unspecified atom stereocenters. The first-order chi connectivity index (χ1) is 15.7. The maximum absolute atomic E-state index is 12.7. The summed E-state index contributed by atoms with van der Waals surface area (Å²) in [6, 6.07) is 17.3. The van der Waals surface area contributed by atoms with Gasteiger partial charge in [0.25, 0.3) is 0 Å². The molecule has 0 fully saturated rings. The van der Waals surface area contributed by atoms with Gasteiger partial charge in [0.2, 0.25) is 5.91 Å². The highest BCUT2D eigenvalue weighted by Crippen LogP contribution is 2.37. The molecule has 3 rings (SSSR count). The Bertz CT molecular complexity index is 1270. The van der Waals surface area contributed by atoms with Crippen molar-refractivity contribution in [1.82, 2.24) is 9.97 Å². The number of aromatic nitrogens is 2. The van der Waals surface area contributed by atoms with Gasteiger partial charge in [-0.05, 0) is 43.0 Å². The number of nitrogens with two attached hydrogens (primary N) is 1. The molecule has 0 aliphatic carbocycles. The summed E-state index contributed by atoms with van der Waals surface area (Å²) in [6.45, 7) is 7.73. The quantitative estimate of drug-likeness (QED) is 0.498. The maximum atomic E-state index is 12.7. The Hall–Kier alpha value is -3.88. The predicted octanol–water partition coefficient (Wildman–Crippen LogP) is 5.02. The summed E-state index contributed by atoms with van der Waals surface area (Å²) in [5.41, 5.74) is 9.52. The van der Waals surface area contributed by atoms with Gasteiger partial charge in [0, 0.05) is 11.3 Å². The van der Waals surface area contributed by atoms with E-state index in [0.717, 1.165) is 23.0 Å². The smallest absolute Gasteiger partial charge is 0.238 e. The number of nitriles is 2. The summed E-state index contributed by atoms with van der Waals surface area (Å²) < 4.78 is 0. The van der Waals surface area contributed by atoms with Gasteiger partial charge < -0.3 is 11.1 Å². The van der Waals surface area contributed by atoms with Crippen LogP contribution in [-0.2, 0) is 4.79 Å². The standard InChI is InChI=1S/C25H24N6OS/c1-14(2)17-8-10-18(11-9-17)22-19(12-26)23(28)31-25(20(22)13-27)33-16(4)24(32)30-21-7-5-6-15(3)29-21/h5-11,14,16H,1-4H3,(H2,28,31)(H,29,30,32). The van der Waals surface area contributed by atoms with Crippen molar-refractivity contribution in [3.63, 3.8) is 0 Å². The second-order valence-electron chi connectivity index (χ2n) is 7.84. The molecule has 3 aromatic rings. The second-order valence-corrected chi connectivity index (χ2v) is 9.17. The molecule has 0 bridgehead atoms. The number of aryl methyl sites for hydroxylation is 1. The van der Waals surface area contributed by atoms with Gasteiger partial charge in [-0.1, -0.05) is 55.9 Å². The van der Waals surface area contributed by atoms with Crippen LogP contribution in [0.15, 0.2) is 47.5 Å². The van der Waals surface area contributed by atoms with Crippen molar-refractivity contribution in [3.8, 4) is 23.3 Å². The third-order valence-electron chi connectivity index (χ3n) is 5.08. The van der Waals surface area contributed by atoms with Crippen LogP contribution >= 0.6 is 11.8 Å². The van der Waals surface area contributed by atoms with Crippen LogP contribution in [0.1, 0.15) is 49.1 Å². The number of hydrogen-bond donors (Lipinski definition) is 2. The van der Waals surface area contributed by atoms with Crippen LogP contribution in [0, 0.1) is 29.6 Å². The first-order valence-electron chi connectivity index (χ1n) is 10.4. The van der Waals surface area contributed by atoms with Gasteiger partial charge in [0.15, 0.2) is 0 Å². The van der Waals surface area contributed by atoms with Gasteiger partial charge in [0.05, 0.1) is 10.8 Å². The Labute approximate surface area is 197 Å². The van der Waals surface area contributed by atoms with Crippen LogP contribution in [0.25, 0.3) is 11.1 Å². The van der Waals surface area contributed by atoms with Crippen molar-refractivity contribution >= 4 is 29.3 Å². The molecule has 1 amide bonds. The van der Waals surface area contributed by atoms with Gasteiger partial charge in [0.1, 0.15) is 34.4 Å². The molecule has 0 saturated heterocycles. The molecule has 0 aliphatic heterocycles. The number of nitrogens with zero attached hydrogens (tertiary/aromatic N) is 4. The van der Waals surface area contributed by atoms with E-state index in [1.54, 1.807) is 13.0 Å². The lowest BCUT2D eigenvalue weighted by Gasteiger charge is -2.16. The number of anilines is 2. The predicted molar refractivity (Wildman–Crippen MR) is 131 cm³/mol. The molecule has 3 N–H and O–H groups in total. The van der Waals surface area contributed by atoms with E-state index >= 15 is 0 Å². The molecule has 1 aromatic carbocycles. The fourth-order valence-electron chi connectivity index (χ4n) is 3.27.